The Kier molecular flexibility index (Phi) is 8.27. The molecule has 0 N–H and O–H groups in total. The van der Waals surface area contributed by atoms with Crippen molar-refractivity contribution < 1.29 is 10.7 Å². The van der Waals surface area contributed by atoms with Gasteiger partial charge in [0.15, 0.2) is 0 Å². The van der Waals surface area contributed by atoms with Crippen molar-refractivity contribution in [2.45, 2.75) is 77.6 Å². The third-order valence-corrected chi connectivity index (χ3v) is 4.32. The van der Waals surface area contributed by atoms with E-state index in [2.05, 4.69) is 34.3 Å². The van der Waals surface area contributed by atoms with Crippen LogP contribution in [0.25, 0.3) is 0 Å². The van der Waals surface area contributed by atoms with Crippen LogP contribution in [0.2, 0.25) is 5.31 Å². The van der Waals surface area contributed by atoms with Crippen LogP contribution in [0, 0.1) is 6.10 Å². The van der Waals surface area contributed by atoms with Crippen molar-refractivity contribution in [3.8, 4) is 0 Å². The normalized spacial score (nSPS) is 21.8. The quantitative estimate of drug-likeness (QED) is 0.295. The van der Waals surface area contributed by atoms with Crippen LogP contribution in [0.15, 0.2) is 12.7 Å². The Morgan fingerprint density at radius 2 is 2.05 bits per heavy atom. The summed E-state index contributed by atoms with van der Waals surface area (Å²) in [5.74, 6) is 0. The molecule has 19 heavy (non-hydrogen) atoms. The molecule has 1 heterocycles. The van der Waals surface area contributed by atoms with Crippen molar-refractivity contribution in [3.63, 3.8) is 0 Å². The van der Waals surface area contributed by atoms with Crippen molar-refractivity contribution in [2.75, 3.05) is 0 Å². The average Bonchev–Trinajstić information content (AvgIpc) is 2.60. The van der Waals surface area contributed by atoms with E-state index in [0.717, 1.165) is 25.4 Å². The van der Waals surface area contributed by atoms with Crippen LogP contribution in [0.4, 0.5) is 0 Å². The summed E-state index contributed by atoms with van der Waals surface area (Å²) in [6.07, 6.45) is 8.73. The van der Waals surface area contributed by atoms with Crippen LogP contribution in [0.1, 0.15) is 68.1 Å². The van der Waals surface area contributed by atoms with Crippen LogP contribution in [-0.4, -0.2) is 35.8 Å². The summed E-state index contributed by atoms with van der Waals surface area (Å²) in [5, 5.41) is 0.107. The Hall–Kier alpha value is 0.491. The number of allylic oxidation sites excluding steroid dienone is 1. The summed E-state index contributed by atoms with van der Waals surface area (Å²) < 4.78 is 12.1. The predicted molar refractivity (Wildman–Crippen MR) is 85.1 cm³/mol. The molecule has 0 radical (unpaired) electrons. The van der Waals surface area contributed by atoms with Gasteiger partial charge in [-0.25, -0.2) is 0 Å². The smallest absolute Gasteiger partial charge is 1.00 e. The van der Waals surface area contributed by atoms with Crippen LogP contribution < -0.4 is 0 Å². The molecule has 1 rings (SSSR count). The zero-order valence-corrected chi connectivity index (χ0v) is 14.8. The van der Waals surface area contributed by atoms with E-state index in [0.29, 0.717) is 0 Å². The van der Waals surface area contributed by atoms with Gasteiger partial charge >= 0.3 is 30.2 Å². The zero-order chi connectivity index (χ0) is 13.8. The molecule has 1 saturated heterocycles. The number of hydrogen-bond donors (Lipinski definition) is 0. The van der Waals surface area contributed by atoms with E-state index in [1.165, 1.54) is 12.8 Å². The minimum absolute atomic E-state index is 0. The van der Waals surface area contributed by atoms with Crippen molar-refractivity contribution in [1.29, 1.82) is 0 Å². The molecule has 1 aliphatic rings. The maximum Gasteiger partial charge on any atom is 2.00 e. The predicted octanol–water partition coefficient (Wildman–Crippen LogP) is 4.50. The second kappa shape index (κ2) is 8.06. The molecular weight excluding hydrogens is 247 g/mol. The number of unbranched alkanes of at least 4 members (excludes halogenated alkanes) is 2. The van der Waals surface area contributed by atoms with Crippen LogP contribution in [0.5, 0.6) is 0 Å². The maximum atomic E-state index is 6.09. The van der Waals surface area contributed by atoms with E-state index in [9.17, 15) is 0 Å². The molecule has 1 aliphatic heterocycles. The summed E-state index contributed by atoms with van der Waals surface area (Å²) in [6, 6.07) is 0. The molecule has 1 fully saturated rings. The van der Waals surface area contributed by atoms with Gasteiger partial charge in [0, 0.05) is 5.31 Å². The molecule has 0 amide bonds. The summed E-state index contributed by atoms with van der Waals surface area (Å²) in [6.45, 7) is 14.5. The molecule has 106 valence electrons. The van der Waals surface area contributed by atoms with Crippen molar-refractivity contribution in [3.05, 3.63) is 18.8 Å². The first-order valence-electron chi connectivity index (χ1n) is 7.15. The van der Waals surface area contributed by atoms with Gasteiger partial charge in [0.2, 0.25) is 0 Å². The van der Waals surface area contributed by atoms with Gasteiger partial charge in [-0.2, -0.15) is 13.0 Å². The van der Waals surface area contributed by atoms with E-state index in [4.69, 9.17) is 9.31 Å². The van der Waals surface area contributed by atoms with Crippen LogP contribution in [-0.2, 0) is 9.31 Å². The molecular formula is C15H29BMgO2. The fourth-order valence-corrected chi connectivity index (χ4v) is 2.24. The molecule has 0 spiro atoms. The molecule has 0 aromatic carbocycles. The summed E-state index contributed by atoms with van der Waals surface area (Å²) in [7, 11) is -0.0961. The summed E-state index contributed by atoms with van der Waals surface area (Å²) in [5.41, 5.74) is -0.248. The van der Waals surface area contributed by atoms with Gasteiger partial charge in [0.25, 0.3) is 0 Å². The van der Waals surface area contributed by atoms with E-state index in [1.54, 1.807) is 0 Å². The fraction of sp³-hybridized carbons (Fsp3) is 0.800. The van der Waals surface area contributed by atoms with Crippen molar-refractivity contribution in [1.82, 2.24) is 0 Å². The fourth-order valence-electron chi connectivity index (χ4n) is 2.24. The number of rotatable bonds is 7. The average molecular weight is 277 g/mol. The molecule has 0 aromatic heterocycles. The van der Waals surface area contributed by atoms with E-state index in [1.807, 2.05) is 13.0 Å². The van der Waals surface area contributed by atoms with Gasteiger partial charge in [-0.3, -0.25) is 0 Å². The van der Waals surface area contributed by atoms with Gasteiger partial charge in [-0.15, -0.1) is 6.58 Å². The second-order valence-electron chi connectivity index (χ2n) is 6.18. The second-order valence-corrected chi connectivity index (χ2v) is 6.18. The van der Waals surface area contributed by atoms with Gasteiger partial charge in [-0.1, -0.05) is 52.2 Å². The SMILES string of the molecule is C=CCCCCC(C)(CC)B1O[C-](C)C(C)(C)O1.[H-].[Mg+2]. The number of hydrogen-bond acceptors (Lipinski definition) is 2. The third-order valence-electron chi connectivity index (χ3n) is 4.32. The van der Waals surface area contributed by atoms with Crippen LogP contribution in [0.3, 0.4) is 0 Å². The zero-order valence-electron chi connectivity index (χ0n) is 14.4. The molecule has 2 nitrogen and oxygen atoms in total. The monoisotopic (exact) mass is 276 g/mol. The first-order valence-corrected chi connectivity index (χ1v) is 7.15. The Morgan fingerprint density at radius 3 is 2.47 bits per heavy atom. The minimum atomic E-state index is -0.248. The van der Waals surface area contributed by atoms with Gasteiger partial charge in [0.1, 0.15) is 0 Å². The van der Waals surface area contributed by atoms with E-state index < -0.39 is 0 Å². The van der Waals surface area contributed by atoms with Gasteiger partial charge in [-0.05, 0) is 19.3 Å². The first-order chi connectivity index (χ1) is 8.35. The van der Waals surface area contributed by atoms with E-state index >= 15 is 0 Å². The maximum absolute atomic E-state index is 6.09. The molecule has 0 aromatic rings. The van der Waals surface area contributed by atoms with Crippen LogP contribution >= 0.6 is 0 Å². The van der Waals surface area contributed by atoms with Crippen molar-refractivity contribution in [2.24, 2.45) is 0 Å². The van der Waals surface area contributed by atoms with E-state index in [-0.39, 0.29) is 42.5 Å². The van der Waals surface area contributed by atoms with Gasteiger partial charge in [0.05, 0.1) is 0 Å². The standard InChI is InChI=1S/C15H28BO2.Mg.H/c1-7-9-10-11-12-15(6,8-2)16-17-13(3)14(4,5)18-16;;/h7H,1,8-12H2,2-6H3;;/q-1;+2;-1. The molecule has 1 atom stereocenters. The van der Waals surface area contributed by atoms with Crippen molar-refractivity contribution >= 4 is 30.2 Å². The Balaban J connectivity index is 0. The molecule has 0 bridgehead atoms. The summed E-state index contributed by atoms with van der Waals surface area (Å²) >= 11 is 0. The minimum Gasteiger partial charge on any atom is -1.00 e. The largest absolute Gasteiger partial charge is 2.00 e. The Morgan fingerprint density at radius 1 is 1.42 bits per heavy atom. The molecule has 0 saturated carbocycles. The third kappa shape index (κ3) is 5.07. The Bertz CT molecular complexity index is 289. The molecule has 0 aliphatic carbocycles. The summed E-state index contributed by atoms with van der Waals surface area (Å²) in [4.78, 5) is 0. The topological polar surface area (TPSA) is 18.5 Å². The molecule has 4 heteroatoms. The molecule has 1 unspecified atom stereocenters. The first kappa shape index (κ1) is 19.5. The Labute approximate surface area is 137 Å². The van der Waals surface area contributed by atoms with Gasteiger partial charge < -0.3 is 10.7 Å².